The standard InChI is InChI=1S/C20H25N3O4/c24-16-12-22(11-10-21-16)20(26)19-18(14-6-2-1-3-7-14)23(17(25)13-27-19)15-8-4-5-9-15/h1-3,6-7,15,18-19H,4-5,8-13H2,(H,21,24)/t18-,19+/m0/s1. The highest BCUT2D eigenvalue weighted by Crippen LogP contribution is 2.37. The summed E-state index contributed by atoms with van der Waals surface area (Å²) in [7, 11) is 0. The minimum Gasteiger partial charge on any atom is -0.356 e. The van der Waals surface area contributed by atoms with E-state index in [4.69, 9.17) is 4.74 Å². The van der Waals surface area contributed by atoms with Gasteiger partial charge in [-0.25, -0.2) is 0 Å². The number of piperazine rings is 1. The van der Waals surface area contributed by atoms with E-state index in [-0.39, 0.29) is 36.9 Å². The average Bonchev–Trinajstić information content (AvgIpc) is 3.22. The average molecular weight is 371 g/mol. The Morgan fingerprint density at radius 1 is 1.11 bits per heavy atom. The largest absolute Gasteiger partial charge is 0.356 e. The minimum absolute atomic E-state index is 0.0393. The van der Waals surface area contributed by atoms with Gasteiger partial charge in [0.25, 0.3) is 5.91 Å². The van der Waals surface area contributed by atoms with Crippen molar-refractivity contribution in [1.29, 1.82) is 0 Å². The normalized spacial score (nSPS) is 27.0. The van der Waals surface area contributed by atoms with Gasteiger partial charge in [-0.05, 0) is 18.4 Å². The van der Waals surface area contributed by atoms with E-state index in [2.05, 4.69) is 5.32 Å². The lowest BCUT2D eigenvalue weighted by molar-refractivity contribution is -0.173. The van der Waals surface area contributed by atoms with Crippen LogP contribution in [0.25, 0.3) is 0 Å². The van der Waals surface area contributed by atoms with Crippen molar-refractivity contribution in [3.8, 4) is 0 Å². The van der Waals surface area contributed by atoms with Gasteiger partial charge in [0.2, 0.25) is 11.8 Å². The van der Waals surface area contributed by atoms with E-state index >= 15 is 0 Å². The van der Waals surface area contributed by atoms with E-state index in [1.54, 1.807) is 4.90 Å². The number of carbonyl (C=O) groups excluding carboxylic acids is 3. The van der Waals surface area contributed by atoms with E-state index < -0.39 is 12.1 Å². The van der Waals surface area contributed by atoms with Crippen LogP contribution < -0.4 is 5.32 Å². The second-order valence-corrected chi connectivity index (χ2v) is 7.44. The Labute approximate surface area is 158 Å². The zero-order valence-electron chi connectivity index (χ0n) is 15.3. The van der Waals surface area contributed by atoms with Crippen molar-refractivity contribution in [3.05, 3.63) is 35.9 Å². The number of hydrogen-bond acceptors (Lipinski definition) is 4. The molecule has 7 heteroatoms. The van der Waals surface area contributed by atoms with Crippen LogP contribution in [0.3, 0.4) is 0 Å². The fourth-order valence-corrected chi connectivity index (χ4v) is 4.44. The lowest BCUT2D eigenvalue weighted by Gasteiger charge is -2.45. The molecular formula is C20H25N3O4. The molecule has 1 aliphatic carbocycles. The first-order valence-corrected chi connectivity index (χ1v) is 9.68. The molecule has 0 unspecified atom stereocenters. The predicted molar refractivity (Wildman–Crippen MR) is 97.6 cm³/mol. The van der Waals surface area contributed by atoms with Gasteiger partial charge < -0.3 is 19.9 Å². The molecule has 1 saturated carbocycles. The van der Waals surface area contributed by atoms with Gasteiger partial charge in [0.05, 0.1) is 12.6 Å². The number of ether oxygens (including phenoxy) is 1. The molecule has 3 amide bonds. The first-order chi connectivity index (χ1) is 13.1. The molecule has 0 bridgehead atoms. The Hall–Kier alpha value is -2.41. The molecule has 144 valence electrons. The van der Waals surface area contributed by atoms with Gasteiger partial charge in [-0.1, -0.05) is 43.2 Å². The molecular weight excluding hydrogens is 346 g/mol. The van der Waals surface area contributed by atoms with Crippen molar-refractivity contribution in [2.45, 2.75) is 43.9 Å². The molecule has 2 heterocycles. The van der Waals surface area contributed by atoms with E-state index in [1.807, 2.05) is 35.2 Å². The SMILES string of the molecule is O=C1CN(C(=O)[C@@H]2OCC(=O)N(C3CCCC3)[C@H]2c2ccccc2)CCN1. The zero-order valence-corrected chi connectivity index (χ0v) is 15.3. The highest BCUT2D eigenvalue weighted by Gasteiger charge is 2.46. The molecule has 27 heavy (non-hydrogen) atoms. The number of nitrogens with zero attached hydrogens (tertiary/aromatic N) is 2. The second-order valence-electron chi connectivity index (χ2n) is 7.44. The summed E-state index contributed by atoms with van der Waals surface area (Å²) in [4.78, 5) is 41.2. The van der Waals surface area contributed by atoms with Gasteiger partial charge in [0, 0.05) is 19.1 Å². The zero-order chi connectivity index (χ0) is 18.8. The third kappa shape index (κ3) is 3.56. The molecule has 2 atom stereocenters. The van der Waals surface area contributed by atoms with Crippen LogP contribution in [-0.4, -0.2) is 65.9 Å². The molecule has 0 radical (unpaired) electrons. The second kappa shape index (κ2) is 7.68. The quantitative estimate of drug-likeness (QED) is 0.855. The van der Waals surface area contributed by atoms with Gasteiger partial charge in [-0.2, -0.15) is 0 Å². The Morgan fingerprint density at radius 3 is 2.56 bits per heavy atom. The topological polar surface area (TPSA) is 79.0 Å². The van der Waals surface area contributed by atoms with Crippen LogP contribution in [-0.2, 0) is 19.1 Å². The van der Waals surface area contributed by atoms with Crippen LogP contribution in [0.2, 0.25) is 0 Å². The number of rotatable bonds is 3. The monoisotopic (exact) mass is 371 g/mol. The number of hydrogen-bond donors (Lipinski definition) is 1. The summed E-state index contributed by atoms with van der Waals surface area (Å²) >= 11 is 0. The Bertz CT molecular complexity index is 717. The molecule has 4 rings (SSSR count). The molecule has 0 spiro atoms. The fraction of sp³-hybridized carbons (Fsp3) is 0.550. The molecule has 1 N–H and O–H groups in total. The first-order valence-electron chi connectivity index (χ1n) is 9.68. The van der Waals surface area contributed by atoms with Gasteiger partial charge in [0.1, 0.15) is 6.61 Å². The van der Waals surface area contributed by atoms with Gasteiger partial charge in [-0.15, -0.1) is 0 Å². The number of nitrogens with one attached hydrogen (secondary N) is 1. The summed E-state index contributed by atoms with van der Waals surface area (Å²) in [5.41, 5.74) is 0.900. The van der Waals surface area contributed by atoms with Crippen LogP contribution >= 0.6 is 0 Å². The maximum atomic E-state index is 13.2. The Morgan fingerprint density at radius 2 is 1.85 bits per heavy atom. The van der Waals surface area contributed by atoms with E-state index in [0.717, 1.165) is 31.2 Å². The summed E-state index contributed by atoms with van der Waals surface area (Å²) < 4.78 is 5.78. The summed E-state index contributed by atoms with van der Waals surface area (Å²) in [6.07, 6.45) is 3.34. The molecule has 3 aliphatic rings. The van der Waals surface area contributed by atoms with Crippen molar-refractivity contribution in [1.82, 2.24) is 15.1 Å². The Balaban J connectivity index is 1.67. The molecule has 2 saturated heterocycles. The fourth-order valence-electron chi connectivity index (χ4n) is 4.44. The van der Waals surface area contributed by atoms with Crippen LogP contribution in [0.1, 0.15) is 37.3 Å². The molecule has 3 fully saturated rings. The summed E-state index contributed by atoms with van der Waals surface area (Å²) in [5.74, 6) is -0.434. The molecule has 1 aromatic carbocycles. The molecule has 0 aromatic heterocycles. The number of amides is 3. The van der Waals surface area contributed by atoms with Gasteiger partial charge in [0.15, 0.2) is 6.10 Å². The van der Waals surface area contributed by atoms with Gasteiger partial charge >= 0.3 is 0 Å². The number of carbonyl (C=O) groups is 3. The molecule has 1 aromatic rings. The maximum absolute atomic E-state index is 13.2. The van der Waals surface area contributed by atoms with Crippen molar-refractivity contribution in [2.24, 2.45) is 0 Å². The third-order valence-corrected chi connectivity index (χ3v) is 5.71. The van der Waals surface area contributed by atoms with Crippen LogP contribution in [0.5, 0.6) is 0 Å². The van der Waals surface area contributed by atoms with Gasteiger partial charge in [-0.3, -0.25) is 14.4 Å². The van der Waals surface area contributed by atoms with E-state index in [0.29, 0.717) is 13.1 Å². The van der Waals surface area contributed by atoms with Crippen LogP contribution in [0, 0.1) is 0 Å². The lowest BCUT2D eigenvalue weighted by Crippen LogP contribution is -2.60. The number of benzene rings is 1. The van der Waals surface area contributed by atoms with Crippen LogP contribution in [0.4, 0.5) is 0 Å². The number of morpholine rings is 1. The van der Waals surface area contributed by atoms with E-state index in [1.165, 1.54) is 0 Å². The molecule has 7 nitrogen and oxygen atoms in total. The first kappa shape index (κ1) is 18.0. The highest BCUT2D eigenvalue weighted by atomic mass is 16.5. The lowest BCUT2D eigenvalue weighted by atomic mass is 9.94. The maximum Gasteiger partial charge on any atom is 0.254 e. The van der Waals surface area contributed by atoms with E-state index in [9.17, 15) is 14.4 Å². The predicted octanol–water partition coefficient (Wildman–Crippen LogP) is 0.856. The van der Waals surface area contributed by atoms with Crippen molar-refractivity contribution in [3.63, 3.8) is 0 Å². The summed E-state index contributed by atoms with van der Waals surface area (Å²) in [5, 5.41) is 2.74. The minimum atomic E-state index is -0.781. The highest BCUT2D eigenvalue weighted by molar-refractivity contribution is 5.90. The smallest absolute Gasteiger partial charge is 0.254 e. The van der Waals surface area contributed by atoms with Crippen molar-refractivity contribution in [2.75, 3.05) is 26.2 Å². The van der Waals surface area contributed by atoms with Crippen LogP contribution in [0.15, 0.2) is 30.3 Å². The summed E-state index contributed by atoms with van der Waals surface area (Å²) in [6.45, 7) is 0.857. The van der Waals surface area contributed by atoms with Crippen molar-refractivity contribution >= 4 is 17.7 Å². The third-order valence-electron chi connectivity index (χ3n) is 5.71. The Kier molecular flexibility index (Phi) is 5.11. The summed E-state index contributed by atoms with van der Waals surface area (Å²) in [6, 6.07) is 9.32. The molecule has 2 aliphatic heterocycles. The van der Waals surface area contributed by atoms with Crippen molar-refractivity contribution < 1.29 is 19.1 Å².